The van der Waals surface area contributed by atoms with Gasteiger partial charge in [-0.25, -0.2) is 0 Å². The molecule has 0 saturated carbocycles. The molecule has 2 N–H and O–H groups in total. The molecule has 2 aliphatic heterocycles. The van der Waals surface area contributed by atoms with Crippen LogP contribution in [0, 0.1) is 0 Å². The number of carbonyl (C=O) groups excluding carboxylic acids is 2. The second kappa shape index (κ2) is 7.52. The van der Waals surface area contributed by atoms with Gasteiger partial charge in [-0.05, 0) is 50.9 Å². The van der Waals surface area contributed by atoms with Crippen LogP contribution in [0.4, 0.5) is 5.69 Å². The maximum atomic E-state index is 12.8. The summed E-state index contributed by atoms with van der Waals surface area (Å²) in [5.41, 5.74) is 1.22. The fourth-order valence-corrected chi connectivity index (χ4v) is 3.98. The van der Waals surface area contributed by atoms with Crippen molar-refractivity contribution in [2.75, 3.05) is 18.0 Å². The maximum Gasteiger partial charge on any atom is 0.272 e. The van der Waals surface area contributed by atoms with Crippen molar-refractivity contribution in [1.82, 2.24) is 20.4 Å². The van der Waals surface area contributed by atoms with E-state index in [1.54, 1.807) is 11.0 Å². The first-order valence-corrected chi connectivity index (χ1v) is 9.58. The predicted octanol–water partition coefficient (Wildman–Crippen LogP) is 1.73. The Bertz CT molecular complexity index is 813. The standard InChI is InChI=1S/C20H25N5O2/c1-14-12-18(20(27)25(14)15-6-3-2-4-7-15)22-19(26)17-9-11-24(23-17)16-8-5-10-21-13-16/h2-4,6-7,9,11,14,16,18,21H,5,8,10,12-13H2,1H3,(H,22,26). The molecule has 0 bridgehead atoms. The van der Waals surface area contributed by atoms with Crippen molar-refractivity contribution in [2.45, 2.75) is 44.3 Å². The van der Waals surface area contributed by atoms with Crippen molar-refractivity contribution in [3.05, 3.63) is 48.3 Å². The molecule has 2 saturated heterocycles. The van der Waals surface area contributed by atoms with Gasteiger partial charge < -0.3 is 15.5 Å². The molecule has 2 fully saturated rings. The van der Waals surface area contributed by atoms with Crippen molar-refractivity contribution in [2.24, 2.45) is 0 Å². The lowest BCUT2D eigenvalue weighted by Crippen LogP contribution is -2.42. The second-order valence-corrected chi connectivity index (χ2v) is 7.34. The maximum absolute atomic E-state index is 12.8. The van der Waals surface area contributed by atoms with Crippen molar-refractivity contribution in [3.8, 4) is 0 Å². The van der Waals surface area contributed by atoms with Gasteiger partial charge in [0.15, 0.2) is 0 Å². The third-order valence-corrected chi connectivity index (χ3v) is 5.38. The number of hydrogen-bond acceptors (Lipinski definition) is 4. The zero-order chi connectivity index (χ0) is 18.8. The largest absolute Gasteiger partial charge is 0.339 e. The van der Waals surface area contributed by atoms with E-state index >= 15 is 0 Å². The molecule has 7 heteroatoms. The van der Waals surface area contributed by atoms with Gasteiger partial charge in [0.2, 0.25) is 5.91 Å². The van der Waals surface area contributed by atoms with E-state index < -0.39 is 6.04 Å². The summed E-state index contributed by atoms with van der Waals surface area (Å²) in [6.45, 7) is 3.90. The van der Waals surface area contributed by atoms with Crippen LogP contribution in [0.1, 0.15) is 42.7 Å². The Balaban J connectivity index is 1.42. The van der Waals surface area contributed by atoms with Crippen LogP contribution in [0.25, 0.3) is 0 Å². The Kier molecular flexibility index (Phi) is 4.94. The number of carbonyl (C=O) groups is 2. The van der Waals surface area contributed by atoms with E-state index in [0.29, 0.717) is 12.1 Å². The molecule has 2 aromatic rings. The molecule has 3 atom stereocenters. The number of nitrogens with one attached hydrogen (secondary N) is 2. The van der Waals surface area contributed by atoms with E-state index in [2.05, 4.69) is 15.7 Å². The average molecular weight is 367 g/mol. The molecule has 4 rings (SSSR count). The lowest BCUT2D eigenvalue weighted by molar-refractivity contribution is -0.118. The molecule has 3 heterocycles. The lowest BCUT2D eigenvalue weighted by Gasteiger charge is -2.22. The highest BCUT2D eigenvalue weighted by Gasteiger charge is 2.39. The molecule has 1 aromatic heterocycles. The molecule has 7 nitrogen and oxygen atoms in total. The van der Waals surface area contributed by atoms with Crippen LogP contribution in [0.15, 0.2) is 42.6 Å². The Labute approximate surface area is 158 Å². The fourth-order valence-electron chi connectivity index (χ4n) is 3.98. The third kappa shape index (κ3) is 3.60. The normalized spacial score (nSPS) is 25.6. The monoisotopic (exact) mass is 367 g/mol. The van der Waals surface area contributed by atoms with Gasteiger partial charge in [0.1, 0.15) is 11.7 Å². The summed E-state index contributed by atoms with van der Waals surface area (Å²) in [6, 6.07) is 11.1. The Hall–Kier alpha value is -2.67. The van der Waals surface area contributed by atoms with Gasteiger partial charge in [-0.1, -0.05) is 18.2 Å². The molecule has 3 unspecified atom stereocenters. The number of piperidine rings is 1. The summed E-state index contributed by atoms with van der Waals surface area (Å²) in [5.74, 6) is -0.365. The van der Waals surface area contributed by atoms with Gasteiger partial charge in [0.05, 0.1) is 6.04 Å². The summed E-state index contributed by atoms with van der Waals surface area (Å²) >= 11 is 0. The van der Waals surface area contributed by atoms with Gasteiger partial charge in [-0.2, -0.15) is 5.10 Å². The van der Waals surface area contributed by atoms with Gasteiger partial charge in [-0.15, -0.1) is 0 Å². The summed E-state index contributed by atoms with van der Waals surface area (Å²) in [4.78, 5) is 27.2. The predicted molar refractivity (Wildman–Crippen MR) is 103 cm³/mol. The van der Waals surface area contributed by atoms with Gasteiger partial charge >= 0.3 is 0 Å². The van der Waals surface area contributed by atoms with Crippen molar-refractivity contribution < 1.29 is 9.59 Å². The molecule has 0 radical (unpaired) electrons. The number of hydrogen-bond donors (Lipinski definition) is 2. The van der Waals surface area contributed by atoms with E-state index in [0.717, 1.165) is 31.6 Å². The van der Waals surface area contributed by atoms with Crippen LogP contribution in [0.2, 0.25) is 0 Å². The number of para-hydroxylation sites is 1. The van der Waals surface area contributed by atoms with Crippen LogP contribution in [0.5, 0.6) is 0 Å². The fraction of sp³-hybridized carbons (Fsp3) is 0.450. The summed E-state index contributed by atoms with van der Waals surface area (Å²) < 4.78 is 1.86. The molecule has 1 aromatic carbocycles. The molecule has 0 aliphatic carbocycles. The molecular formula is C20H25N5O2. The molecular weight excluding hydrogens is 342 g/mol. The van der Waals surface area contributed by atoms with Crippen molar-refractivity contribution in [3.63, 3.8) is 0 Å². The first-order chi connectivity index (χ1) is 13.1. The number of benzene rings is 1. The van der Waals surface area contributed by atoms with E-state index in [1.807, 2.05) is 48.1 Å². The van der Waals surface area contributed by atoms with Crippen LogP contribution >= 0.6 is 0 Å². The number of aromatic nitrogens is 2. The molecule has 2 aliphatic rings. The van der Waals surface area contributed by atoms with Gasteiger partial charge in [0, 0.05) is 24.5 Å². The van der Waals surface area contributed by atoms with E-state index in [4.69, 9.17) is 0 Å². The van der Waals surface area contributed by atoms with E-state index in [1.165, 1.54) is 0 Å². The highest BCUT2D eigenvalue weighted by atomic mass is 16.2. The van der Waals surface area contributed by atoms with E-state index in [9.17, 15) is 9.59 Å². The smallest absolute Gasteiger partial charge is 0.272 e. The molecule has 27 heavy (non-hydrogen) atoms. The van der Waals surface area contributed by atoms with E-state index in [-0.39, 0.29) is 23.9 Å². The lowest BCUT2D eigenvalue weighted by atomic mass is 10.1. The minimum absolute atomic E-state index is 0.0380. The molecule has 142 valence electrons. The quantitative estimate of drug-likeness (QED) is 0.863. The third-order valence-electron chi connectivity index (χ3n) is 5.38. The number of amides is 2. The SMILES string of the molecule is CC1CC(NC(=O)c2ccn(C3CCCNC3)n2)C(=O)N1c1ccccc1. The number of anilines is 1. The van der Waals surface area contributed by atoms with Gasteiger partial charge in [-0.3, -0.25) is 14.3 Å². The van der Waals surface area contributed by atoms with Gasteiger partial charge in [0.25, 0.3) is 5.91 Å². The first kappa shape index (κ1) is 17.7. The Morgan fingerprint density at radius 3 is 2.81 bits per heavy atom. The summed E-state index contributed by atoms with van der Waals surface area (Å²) in [7, 11) is 0. The zero-order valence-corrected chi connectivity index (χ0v) is 15.5. The van der Waals surface area contributed by atoms with Crippen LogP contribution < -0.4 is 15.5 Å². The van der Waals surface area contributed by atoms with Crippen LogP contribution in [-0.2, 0) is 4.79 Å². The first-order valence-electron chi connectivity index (χ1n) is 9.58. The summed E-state index contributed by atoms with van der Waals surface area (Å²) in [6.07, 6.45) is 4.60. The Morgan fingerprint density at radius 2 is 2.07 bits per heavy atom. The number of nitrogens with zero attached hydrogens (tertiary/aromatic N) is 3. The minimum atomic E-state index is -0.519. The van der Waals surface area contributed by atoms with Crippen molar-refractivity contribution in [1.29, 1.82) is 0 Å². The number of rotatable bonds is 4. The topological polar surface area (TPSA) is 79.3 Å². The summed E-state index contributed by atoms with van der Waals surface area (Å²) in [5, 5.41) is 10.7. The molecule has 0 spiro atoms. The van der Waals surface area contributed by atoms with Crippen molar-refractivity contribution >= 4 is 17.5 Å². The van der Waals surface area contributed by atoms with Crippen LogP contribution in [0.3, 0.4) is 0 Å². The molecule has 2 amide bonds. The van der Waals surface area contributed by atoms with Crippen LogP contribution in [-0.4, -0.2) is 46.8 Å². The Morgan fingerprint density at radius 1 is 1.26 bits per heavy atom. The highest BCUT2D eigenvalue weighted by Crippen LogP contribution is 2.26. The minimum Gasteiger partial charge on any atom is -0.339 e. The average Bonchev–Trinajstić information content (AvgIpc) is 3.29. The second-order valence-electron chi connectivity index (χ2n) is 7.34. The highest BCUT2D eigenvalue weighted by molar-refractivity contribution is 6.03. The zero-order valence-electron chi connectivity index (χ0n) is 15.5.